The maximum atomic E-state index is 10.9. The highest BCUT2D eigenvalue weighted by Gasteiger charge is 2.24. The second-order valence-corrected chi connectivity index (χ2v) is 7.05. The molecule has 0 atom stereocenters. The number of aromatic nitrogens is 3. The summed E-state index contributed by atoms with van der Waals surface area (Å²) in [5, 5.41) is 11.7. The van der Waals surface area contributed by atoms with Crippen molar-refractivity contribution in [2.24, 2.45) is 7.05 Å². The number of benzene rings is 1. The van der Waals surface area contributed by atoms with Crippen LogP contribution in [0.1, 0.15) is 37.0 Å². The molecule has 1 aliphatic heterocycles. The molecule has 0 saturated heterocycles. The van der Waals surface area contributed by atoms with Crippen LogP contribution in [0.5, 0.6) is 0 Å². The summed E-state index contributed by atoms with van der Waals surface area (Å²) >= 11 is 0. The smallest absolute Gasteiger partial charge is 0.270 e. The van der Waals surface area contributed by atoms with Gasteiger partial charge in [0, 0.05) is 49.1 Å². The molecule has 0 aliphatic carbocycles. The van der Waals surface area contributed by atoms with Gasteiger partial charge in [0.15, 0.2) is 0 Å². The second kappa shape index (κ2) is 6.09. The predicted molar refractivity (Wildman–Crippen MR) is 100 cm³/mol. The van der Waals surface area contributed by atoms with E-state index in [-0.39, 0.29) is 10.6 Å². The molecule has 1 aliphatic rings. The van der Waals surface area contributed by atoms with E-state index in [9.17, 15) is 10.1 Å². The van der Waals surface area contributed by atoms with Crippen LogP contribution in [-0.2, 0) is 20.0 Å². The molecule has 3 heterocycles. The number of non-ortho nitro benzene ring substituents is 1. The van der Waals surface area contributed by atoms with Gasteiger partial charge in [-0.25, -0.2) is 9.97 Å². The van der Waals surface area contributed by atoms with E-state index in [0.717, 1.165) is 47.7 Å². The van der Waals surface area contributed by atoms with Crippen molar-refractivity contribution in [3.05, 3.63) is 57.7 Å². The predicted octanol–water partition coefficient (Wildman–Crippen LogP) is 3.56. The Hall–Kier alpha value is -2.96. The number of imidazole rings is 1. The summed E-state index contributed by atoms with van der Waals surface area (Å²) in [6, 6.07) is 8.61. The first-order valence-corrected chi connectivity index (χ1v) is 8.78. The van der Waals surface area contributed by atoms with Crippen LogP contribution in [0.2, 0.25) is 0 Å². The van der Waals surface area contributed by atoms with Crippen molar-refractivity contribution in [2.75, 3.05) is 11.4 Å². The molecule has 0 radical (unpaired) electrons. The summed E-state index contributed by atoms with van der Waals surface area (Å²) in [6.45, 7) is 5.95. The first kappa shape index (κ1) is 16.5. The highest BCUT2D eigenvalue weighted by atomic mass is 16.6. The van der Waals surface area contributed by atoms with Crippen LogP contribution in [0.4, 0.5) is 11.5 Å². The van der Waals surface area contributed by atoms with Crippen LogP contribution < -0.4 is 4.90 Å². The molecule has 1 aromatic carbocycles. The van der Waals surface area contributed by atoms with Crippen molar-refractivity contribution in [3.8, 4) is 0 Å². The van der Waals surface area contributed by atoms with Gasteiger partial charge in [0.2, 0.25) is 0 Å². The van der Waals surface area contributed by atoms with Gasteiger partial charge in [-0.2, -0.15) is 0 Å². The quantitative estimate of drug-likeness (QED) is 0.532. The Bertz CT molecular complexity index is 1010. The molecule has 3 aromatic rings. The molecule has 4 rings (SSSR count). The van der Waals surface area contributed by atoms with Gasteiger partial charge in [-0.1, -0.05) is 13.8 Å². The number of anilines is 1. The SMILES string of the molecule is CC(C)c1nc2c(n1C)CCN(c1ccc3cc([N+](=O)[O-])ccc3n1)C2. The number of hydrogen-bond acceptors (Lipinski definition) is 5. The Labute approximate surface area is 151 Å². The minimum atomic E-state index is -0.382. The number of nitro groups is 1. The molecule has 0 bridgehead atoms. The third-order valence-electron chi connectivity index (χ3n) is 5.00. The largest absolute Gasteiger partial charge is 0.350 e. The summed E-state index contributed by atoms with van der Waals surface area (Å²) in [7, 11) is 2.10. The number of pyridine rings is 1. The number of rotatable bonds is 3. The van der Waals surface area contributed by atoms with E-state index < -0.39 is 0 Å². The Morgan fingerprint density at radius 1 is 1.19 bits per heavy atom. The zero-order valence-electron chi connectivity index (χ0n) is 15.1. The molecule has 0 amide bonds. The van der Waals surface area contributed by atoms with Gasteiger partial charge in [-0.3, -0.25) is 10.1 Å². The zero-order chi connectivity index (χ0) is 18.4. The Kier molecular flexibility index (Phi) is 3.86. The molecular weight excluding hydrogens is 330 g/mol. The summed E-state index contributed by atoms with van der Waals surface area (Å²) in [6.07, 6.45) is 0.936. The van der Waals surface area contributed by atoms with Gasteiger partial charge >= 0.3 is 0 Å². The molecule has 7 nitrogen and oxygen atoms in total. The number of hydrogen-bond donors (Lipinski definition) is 0. The van der Waals surface area contributed by atoms with Crippen LogP contribution in [0.15, 0.2) is 30.3 Å². The molecule has 2 aromatic heterocycles. The molecule has 0 saturated carbocycles. The minimum absolute atomic E-state index is 0.0874. The van der Waals surface area contributed by atoms with Crippen LogP contribution in [0.3, 0.4) is 0 Å². The van der Waals surface area contributed by atoms with E-state index in [0.29, 0.717) is 5.92 Å². The maximum Gasteiger partial charge on any atom is 0.270 e. The van der Waals surface area contributed by atoms with Gasteiger partial charge in [0.1, 0.15) is 11.6 Å². The standard InChI is InChI=1S/C19H21N5O2/c1-12(2)19-21-16-11-23(9-8-17(16)22(19)3)18-7-4-13-10-14(24(25)26)5-6-15(13)20-18/h4-7,10,12H,8-9,11H2,1-3H3. The summed E-state index contributed by atoms with van der Waals surface area (Å²) in [5.74, 6) is 2.40. The van der Waals surface area contributed by atoms with Crippen molar-refractivity contribution in [1.82, 2.24) is 14.5 Å². The van der Waals surface area contributed by atoms with E-state index in [1.165, 1.54) is 11.8 Å². The van der Waals surface area contributed by atoms with Crippen molar-refractivity contribution < 1.29 is 4.92 Å². The topological polar surface area (TPSA) is 77.1 Å². The summed E-state index contributed by atoms with van der Waals surface area (Å²) in [4.78, 5) is 22.3. The van der Waals surface area contributed by atoms with Crippen LogP contribution in [0.25, 0.3) is 10.9 Å². The van der Waals surface area contributed by atoms with Crippen LogP contribution >= 0.6 is 0 Å². The van der Waals surface area contributed by atoms with E-state index in [1.807, 2.05) is 12.1 Å². The lowest BCUT2D eigenvalue weighted by atomic mass is 10.1. The van der Waals surface area contributed by atoms with Gasteiger partial charge < -0.3 is 9.47 Å². The van der Waals surface area contributed by atoms with Crippen molar-refractivity contribution in [2.45, 2.75) is 32.7 Å². The van der Waals surface area contributed by atoms with Gasteiger partial charge in [0.05, 0.1) is 22.7 Å². The van der Waals surface area contributed by atoms with Crippen LogP contribution in [0, 0.1) is 10.1 Å². The van der Waals surface area contributed by atoms with Gasteiger partial charge in [-0.15, -0.1) is 0 Å². The lowest BCUT2D eigenvalue weighted by Crippen LogP contribution is -2.31. The lowest BCUT2D eigenvalue weighted by Gasteiger charge is -2.28. The van der Waals surface area contributed by atoms with E-state index in [2.05, 4.69) is 30.4 Å². The molecule has 134 valence electrons. The summed E-state index contributed by atoms with van der Waals surface area (Å²) in [5.41, 5.74) is 3.28. The van der Waals surface area contributed by atoms with E-state index in [4.69, 9.17) is 9.97 Å². The molecule has 0 spiro atoms. The fourth-order valence-electron chi connectivity index (χ4n) is 3.65. The van der Waals surface area contributed by atoms with Crippen molar-refractivity contribution >= 4 is 22.4 Å². The first-order chi connectivity index (χ1) is 12.4. The fourth-order valence-corrected chi connectivity index (χ4v) is 3.65. The molecule has 7 heteroatoms. The molecule has 0 N–H and O–H groups in total. The fraction of sp³-hybridized carbons (Fsp3) is 0.368. The second-order valence-electron chi connectivity index (χ2n) is 7.05. The molecule has 26 heavy (non-hydrogen) atoms. The van der Waals surface area contributed by atoms with E-state index in [1.54, 1.807) is 12.1 Å². The van der Waals surface area contributed by atoms with Crippen molar-refractivity contribution in [1.29, 1.82) is 0 Å². The van der Waals surface area contributed by atoms with Crippen molar-refractivity contribution in [3.63, 3.8) is 0 Å². The monoisotopic (exact) mass is 351 g/mol. The third kappa shape index (κ3) is 2.69. The summed E-state index contributed by atoms with van der Waals surface area (Å²) < 4.78 is 2.23. The highest BCUT2D eigenvalue weighted by Crippen LogP contribution is 2.28. The number of nitro benzene ring substituents is 1. The third-order valence-corrected chi connectivity index (χ3v) is 5.00. The Morgan fingerprint density at radius 3 is 2.73 bits per heavy atom. The first-order valence-electron chi connectivity index (χ1n) is 8.78. The maximum absolute atomic E-state index is 10.9. The number of nitrogens with zero attached hydrogens (tertiary/aromatic N) is 5. The average molecular weight is 351 g/mol. The highest BCUT2D eigenvalue weighted by molar-refractivity contribution is 5.82. The lowest BCUT2D eigenvalue weighted by molar-refractivity contribution is -0.384. The normalized spacial score (nSPS) is 14.1. The van der Waals surface area contributed by atoms with Gasteiger partial charge in [-0.05, 0) is 18.2 Å². The van der Waals surface area contributed by atoms with Gasteiger partial charge in [0.25, 0.3) is 5.69 Å². The molecular formula is C19H21N5O2. The average Bonchev–Trinajstić information content (AvgIpc) is 2.97. The Morgan fingerprint density at radius 2 is 2.00 bits per heavy atom. The Balaban J connectivity index is 1.65. The minimum Gasteiger partial charge on any atom is -0.350 e. The number of fused-ring (bicyclic) bond motifs is 2. The zero-order valence-corrected chi connectivity index (χ0v) is 15.1. The van der Waals surface area contributed by atoms with E-state index >= 15 is 0 Å². The van der Waals surface area contributed by atoms with Crippen LogP contribution in [-0.4, -0.2) is 26.0 Å². The molecule has 0 fully saturated rings. The molecule has 0 unspecified atom stereocenters.